The van der Waals surface area contributed by atoms with Crippen molar-refractivity contribution >= 4 is 35.0 Å². The Hall–Kier alpha value is -2.11. The Bertz CT molecular complexity index is 691. The second-order valence-electron chi connectivity index (χ2n) is 4.16. The third-order valence-corrected chi connectivity index (χ3v) is 3.27. The van der Waals surface area contributed by atoms with E-state index in [0.717, 1.165) is 0 Å². The first-order chi connectivity index (χ1) is 10.5. The maximum Gasteiger partial charge on any atom is 0.417 e. The number of nitrogens with one attached hydrogen (secondary N) is 1. The van der Waals surface area contributed by atoms with Crippen molar-refractivity contribution < 1.29 is 19.0 Å². The lowest BCUT2D eigenvalue weighted by Crippen LogP contribution is -2.17. The monoisotopic (exact) mass is 341 g/mol. The fourth-order valence-corrected chi connectivity index (χ4v) is 2.07. The normalized spacial score (nSPS) is 10.0. The maximum absolute atomic E-state index is 11.9. The molecule has 0 saturated heterocycles. The first-order valence-corrected chi connectivity index (χ1v) is 6.95. The van der Waals surface area contributed by atoms with Crippen LogP contribution in [0.25, 0.3) is 0 Å². The second kappa shape index (κ2) is 7.24. The van der Waals surface area contributed by atoms with Crippen LogP contribution in [0.2, 0.25) is 10.0 Å². The van der Waals surface area contributed by atoms with Crippen LogP contribution in [0.15, 0.2) is 36.4 Å². The van der Waals surface area contributed by atoms with E-state index in [1.807, 2.05) is 0 Å². The molecule has 2 rings (SSSR count). The van der Waals surface area contributed by atoms with Gasteiger partial charge in [-0.3, -0.25) is 5.32 Å². The van der Waals surface area contributed by atoms with Crippen LogP contribution < -0.4 is 19.5 Å². The number of methoxy groups -OCH3 is 2. The Kier molecular flexibility index (Phi) is 5.35. The van der Waals surface area contributed by atoms with Crippen molar-refractivity contribution in [2.24, 2.45) is 0 Å². The molecule has 1 N–H and O–H groups in total. The van der Waals surface area contributed by atoms with Crippen LogP contribution >= 0.6 is 23.2 Å². The summed E-state index contributed by atoms with van der Waals surface area (Å²) < 4.78 is 15.3. The standard InChI is InChI=1S/C15H13Cl2NO4/c1-20-10-4-6-13(11(17)8-10)22-15(19)18-12-5-3-9(16)7-14(12)21-2/h3-8H,1-2H3,(H,18,19). The molecule has 0 unspecified atom stereocenters. The van der Waals surface area contributed by atoms with Gasteiger partial charge in [0.25, 0.3) is 0 Å². The molecule has 0 spiro atoms. The van der Waals surface area contributed by atoms with Crippen LogP contribution in [0, 0.1) is 0 Å². The van der Waals surface area contributed by atoms with Crippen LogP contribution in [0.4, 0.5) is 10.5 Å². The van der Waals surface area contributed by atoms with Crippen molar-refractivity contribution in [1.29, 1.82) is 0 Å². The molecule has 0 aliphatic heterocycles. The van der Waals surface area contributed by atoms with Crippen LogP contribution in [0.3, 0.4) is 0 Å². The predicted molar refractivity (Wildman–Crippen MR) is 85.7 cm³/mol. The summed E-state index contributed by atoms with van der Waals surface area (Å²) >= 11 is 11.9. The quantitative estimate of drug-likeness (QED) is 0.881. The van der Waals surface area contributed by atoms with Gasteiger partial charge in [-0.05, 0) is 24.3 Å². The number of halogens is 2. The number of amides is 1. The summed E-state index contributed by atoms with van der Waals surface area (Å²) in [6.07, 6.45) is -0.701. The zero-order chi connectivity index (χ0) is 16.1. The number of carbonyl (C=O) groups excluding carboxylic acids is 1. The van der Waals surface area contributed by atoms with Gasteiger partial charge in [-0.15, -0.1) is 0 Å². The summed E-state index contributed by atoms with van der Waals surface area (Å²) in [6, 6.07) is 9.54. The van der Waals surface area contributed by atoms with Gasteiger partial charge in [-0.2, -0.15) is 0 Å². The first-order valence-electron chi connectivity index (χ1n) is 6.19. The molecule has 2 aromatic rings. The Morgan fingerprint density at radius 1 is 1.00 bits per heavy atom. The third kappa shape index (κ3) is 3.96. The molecule has 1 amide bonds. The van der Waals surface area contributed by atoms with Crippen molar-refractivity contribution in [2.75, 3.05) is 19.5 Å². The Balaban J connectivity index is 2.10. The number of ether oxygens (including phenoxy) is 3. The van der Waals surface area contributed by atoms with Gasteiger partial charge in [0, 0.05) is 17.2 Å². The molecular formula is C15H13Cl2NO4. The summed E-state index contributed by atoms with van der Waals surface area (Å²) in [7, 11) is 2.99. The highest BCUT2D eigenvalue weighted by molar-refractivity contribution is 6.32. The Morgan fingerprint density at radius 3 is 2.41 bits per heavy atom. The lowest BCUT2D eigenvalue weighted by Gasteiger charge is -2.11. The fraction of sp³-hybridized carbons (Fsp3) is 0.133. The van der Waals surface area contributed by atoms with E-state index in [0.29, 0.717) is 22.2 Å². The molecule has 0 aromatic heterocycles. The van der Waals surface area contributed by atoms with Gasteiger partial charge in [0.15, 0.2) is 5.75 Å². The van der Waals surface area contributed by atoms with Gasteiger partial charge in [-0.1, -0.05) is 23.2 Å². The molecule has 0 atom stereocenters. The van der Waals surface area contributed by atoms with Crippen LogP contribution in [0.1, 0.15) is 0 Å². The van der Waals surface area contributed by atoms with Crippen molar-refractivity contribution in [2.45, 2.75) is 0 Å². The third-order valence-electron chi connectivity index (χ3n) is 2.74. The summed E-state index contributed by atoms with van der Waals surface area (Å²) in [6.45, 7) is 0. The molecule has 0 aliphatic rings. The molecule has 2 aromatic carbocycles. The van der Waals surface area contributed by atoms with E-state index in [9.17, 15) is 4.79 Å². The van der Waals surface area contributed by atoms with Crippen LogP contribution in [0.5, 0.6) is 17.2 Å². The molecule has 0 radical (unpaired) electrons. The minimum absolute atomic E-state index is 0.216. The molecule has 116 valence electrons. The van der Waals surface area contributed by atoms with Gasteiger partial charge in [0.1, 0.15) is 11.5 Å². The zero-order valence-electron chi connectivity index (χ0n) is 11.9. The number of carbonyl (C=O) groups is 1. The van der Waals surface area contributed by atoms with E-state index in [1.165, 1.54) is 14.2 Å². The molecular weight excluding hydrogens is 329 g/mol. The Morgan fingerprint density at radius 2 is 1.77 bits per heavy atom. The SMILES string of the molecule is COc1ccc(OC(=O)Nc2ccc(Cl)cc2OC)c(Cl)c1. The molecule has 0 heterocycles. The summed E-state index contributed by atoms with van der Waals surface area (Å²) in [5.41, 5.74) is 0.432. The van der Waals surface area contributed by atoms with Crippen molar-refractivity contribution in [3.05, 3.63) is 46.4 Å². The van der Waals surface area contributed by atoms with E-state index in [2.05, 4.69) is 5.32 Å². The fourth-order valence-electron chi connectivity index (χ4n) is 1.69. The van der Waals surface area contributed by atoms with E-state index in [-0.39, 0.29) is 10.8 Å². The average molecular weight is 342 g/mol. The van der Waals surface area contributed by atoms with Crippen molar-refractivity contribution in [3.8, 4) is 17.2 Å². The van der Waals surface area contributed by atoms with E-state index < -0.39 is 6.09 Å². The second-order valence-corrected chi connectivity index (χ2v) is 5.00. The van der Waals surface area contributed by atoms with Crippen molar-refractivity contribution in [3.63, 3.8) is 0 Å². The molecule has 5 nitrogen and oxygen atoms in total. The smallest absolute Gasteiger partial charge is 0.417 e. The van der Waals surface area contributed by atoms with Gasteiger partial charge in [0.2, 0.25) is 0 Å². The lowest BCUT2D eigenvalue weighted by molar-refractivity contribution is 0.215. The number of benzene rings is 2. The number of hydrogen-bond donors (Lipinski definition) is 1. The number of hydrogen-bond acceptors (Lipinski definition) is 4. The Labute approximate surface area is 137 Å². The summed E-state index contributed by atoms with van der Waals surface area (Å²) in [4.78, 5) is 11.9. The van der Waals surface area contributed by atoms with E-state index in [1.54, 1.807) is 36.4 Å². The highest BCUT2D eigenvalue weighted by Crippen LogP contribution is 2.30. The zero-order valence-corrected chi connectivity index (χ0v) is 13.4. The molecule has 22 heavy (non-hydrogen) atoms. The van der Waals surface area contributed by atoms with Gasteiger partial charge in [0.05, 0.1) is 24.9 Å². The van der Waals surface area contributed by atoms with Crippen LogP contribution in [-0.4, -0.2) is 20.3 Å². The highest BCUT2D eigenvalue weighted by Gasteiger charge is 2.12. The first kappa shape index (κ1) is 16.3. The highest BCUT2D eigenvalue weighted by atomic mass is 35.5. The van der Waals surface area contributed by atoms with E-state index in [4.69, 9.17) is 37.4 Å². The molecule has 0 bridgehead atoms. The van der Waals surface area contributed by atoms with Crippen molar-refractivity contribution in [1.82, 2.24) is 0 Å². The molecule has 0 saturated carbocycles. The van der Waals surface area contributed by atoms with Crippen LogP contribution in [-0.2, 0) is 0 Å². The maximum atomic E-state index is 11.9. The minimum atomic E-state index is -0.701. The summed E-state index contributed by atoms with van der Waals surface area (Å²) in [5.74, 6) is 1.20. The topological polar surface area (TPSA) is 56.8 Å². The number of anilines is 1. The minimum Gasteiger partial charge on any atom is -0.497 e. The predicted octanol–water partition coefficient (Wildman–Crippen LogP) is 4.62. The largest absolute Gasteiger partial charge is 0.497 e. The number of rotatable bonds is 4. The van der Waals surface area contributed by atoms with Gasteiger partial charge in [-0.25, -0.2) is 4.79 Å². The molecule has 7 heteroatoms. The van der Waals surface area contributed by atoms with Gasteiger partial charge >= 0.3 is 6.09 Å². The molecule has 0 aliphatic carbocycles. The summed E-state index contributed by atoms with van der Waals surface area (Å²) in [5, 5.41) is 3.31. The van der Waals surface area contributed by atoms with E-state index >= 15 is 0 Å². The average Bonchev–Trinajstić information content (AvgIpc) is 2.51. The lowest BCUT2D eigenvalue weighted by atomic mass is 10.3. The van der Waals surface area contributed by atoms with Gasteiger partial charge < -0.3 is 14.2 Å². The molecule has 0 fully saturated rings.